The Balaban J connectivity index is 2.64. The maximum Gasteiger partial charge on any atom is 0.185 e. The van der Waals surface area contributed by atoms with Crippen LogP contribution in [0.3, 0.4) is 0 Å². The fourth-order valence-corrected chi connectivity index (χ4v) is 2.28. The van der Waals surface area contributed by atoms with Gasteiger partial charge in [0.2, 0.25) is 0 Å². The van der Waals surface area contributed by atoms with Crippen LogP contribution in [-0.4, -0.2) is 32.3 Å². The second kappa shape index (κ2) is 6.78. The smallest absolute Gasteiger partial charge is 0.185 e. The minimum Gasteiger partial charge on any atom is -0.508 e. The van der Waals surface area contributed by atoms with E-state index < -0.39 is 12.2 Å². The van der Waals surface area contributed by atoms with Gasteiger partial charge in [-0.3, -0.25) is 4.79 Å². The van der Waals surface area contributed by atoms with Gasteiger partial charge in [0.25, 0.3) is 0 Å². The number of carbonyl (C=O) groups is 1. The van der Waals surface area contributed by atoms with Crippen molar-refractivity contribution < 1.29 is 20.1 Å². The minimum absolute atomic E-state index is 0.00905. The van der Waals surface area contributed by atoms with Gasteiger partial charge in [-0.1, -0.05) is 17.8 Å². The summed E-state index contributed by atoms with van der Waals surface area (Å²) in [4.78, 5) is 10.7. The molecule has 4 nitrogen and oxygen atoms in total. The maximum absolute atomic E-state index is 10.7. The molecule has 0 aromatic heterocycles. The van der Waals surface area contributed by atoms with Gasteiger partial charge in [0.1, 0.15) is 11.9 Å². The number of aromatic hydroxyl groups is 1. The lowest BCUT2D eigenvalue weighted by atomic mass is 9.98. The molecule has 0 saturated heterocycles. The summed E-state index contributed by atoms with van der Waals surface area (Å²) in [7, 11) is 0. The Morgan fingerprint density at radius 2 is 2.06 bits per heavy atom. The lowest BCUT2D eigenvalue weighted by molar-refractivity contribution is -0.109. The van der Waals surface area contributed by atoms with Crippen molar-refractivity contribution in [1.82, 2.24) is 0 Å². The zero-order chi connectivity index (χ0) is 13.7. The van der Waals surface area contributed by atoms with E-state index in [9.17, 15) is 20.1 Å². The Labute approximate surface area is 111 Å². The van der Waals surface area contributed by atoms with Crippen LogP contribution in [0.1, 0.15) is 30.6 Å². The summed E-state index contributed by atoms with van der Waals surface area (Å²) in [5.41, 5.74) is 1.31. The van der Waals surface area contributed by atoms with Gasteiger partial charge in [-0.2, -0.15) is 0 Å². The molecule has 18 heavy (non-hydrogen) atoms. The molecule has 0 aliphatic rings. The van der Waals surface area contributed by atoms with E-state index in [-0.39, 0.29) is 10.9 Å². The third kappa shape index (κ3) is 4.33. The van der Waals surface area contributed by atoms with Gasteiger partial charge in [0.05, 0.1) is 6.10 Å². The topological polar surface area (TPSA) is 77.8 Å². The Morgan fingerprint density at radius 3 is 2.67 bits per heavy atom. The predicted molar refractivity (Wildman–Crippen MR) is 71.6 cm³/mol. The molecular weight excluding hydrogens is 252 g/mol. The lowest BCUT2D eigenvalue weighted by Gasteiger charge is -2.19. The Kier molecular flexibility index (Phi) is 5.65. The quantitative estimate of drug-likeness (QED) is 0.760. The van der Waals surface area contributed by atoms with Crippen LogP contribution < -0.4 is 0 Å². The molecule has 0 aliphatic heterocycles. The van der Waals surface area contributed by atoms with E-state index in [0.29, 0.717) is 17.7 Å². The molecule has 0 fully saturated rings. The summed E-state index contributed by atoms with van der Waals surface area (Å²) in [6.07, 6.45) is -1.68. The summed E-state index contributed by atoms with van der Waals surface area (Å²) in [6, 6.07) is 4.66. The number of hydrogen-bond donors (Lipinski definition) is 3. The first-order valence-corrected chi connectivity index (χ1v) is 6.69. The van der Waals surface area contributed by atoms with Gasteiger partial charge >= 0.3 is 0 Å². The van der Waals surface area contributed by atoms with Crippen molar-refractivity contribution in [1.29, 1.82) is 0 Å². The number of rotatable bonds is 5. The maximum atomic E-state index is 10.7. The van der Waals surface area contributed by atoms with Gasteiger partial charge in [-0.05, 0) is 36.6 Å². The SMILES string of the molecule is CC(=O)SCCC(O)C(O)c1cc(O)ccc1C. The van der Waals surface area contributed by atoms with Crippen molar-refractivity contribution in [3.8, 4) is 5.75 Å². The van der Waals surface area contributed by atoms with Crippen LogP contribution in [0.25, 0.3) is 0 Å². The average Bonchev–Trinajstić information content (AvgIpc) is 2.30. The average molecular weight is 270 g/mol. The summed E-state index contributed by atoms with van der Waals surface area (Å²) < 4.78 is 0. The van der Waals surface area contributed by atoms with Crippen molar-refractivity contribution in [3.63, 3.8) is 0 Å². The first-order valence-electron chi connectivity index (χ1n) is 5.71. The zero-order valence-electron chi connectivity index (χ0n) is 10.5. The third-order valence-corrected chi connectivity index (χ3v) is 3.51. The van der Waals surface area contributed by atoms with E-state index in [2.05, 4.69) is 0 Å². The Morgan fingerprint density at radius 1 is 1.39 bits per heavy atom. The highest BCUT2D eigenvalue weighted by Crippen LogP contribution is 2.26. The lowest BCUT2D eigenvalue weighted by Crippen LogP contribution is -2.20. The van der Waals surface area contributed by atoms with Crippen LogP contribution in [0.4, 0.5) is 0 Å². The first kappa shape index (κ1) is 15.0. The van der Waals surface area contributed by atoms with Crippen LogP contribution in [0.2, 0.25) is 0 Å². The van der Waals surface area contributed by atoms with Crippen LogP contribution in [-0.2, 0) is 4.79 Å². The Hall–Kier alpha value is -1.04. The van der Waals surface area contributed by atoms with Crippen molar-refractivity contribution in [2.45, 2.75) is 32.5 Å². The number of hydrogen-bond acceptors (Lipinski definition) is 5. The molecule has 0 bridgehead atoms. The summed E-state index contributed by atoms with van der Waals surface area (Å²) in [6.45, 7) is 3.27. The van der Waals surface area contributed by atoms with E-state index in [1.165, 1.54) is 19.1 Å². The highest BCUT2D eigenvalue weighted by atomic mass is 32.2. The number of aliphatic hydroxyl groups is 2. The molecule has 1 rings (SSSR count). The number of aliphatic hydroxyl groups excluding tert-OH is 2. The highest BCUT2D eigenvalue weighted by Gasteiger charge is 2.20. The van der Waals surface area contributed by atoms with Gasteiger partial charge in [-0.25, -0.2) is 0 Å². The number of thioether (sulfide) groups is 1. The highest BCUT2D eigenvalue weighted by molar-refractivity contribution is 8.13. The molecule has 1 aromatic rings. The van der Waals surface area contributed by atoms with Gasteiger partial charge in [0, 0.05) is 12.7 Å². The van der Waals surface area contributed by atoms with Gasteiger partial charge < -0.3 is 15.3 Å². The second-order valence-electron chi connectivity index (χ2n) is 4.18. The van der Waals surface area contributed by atoms with E-state index in [1.807, 2.05) is 0 Å². The van der Waals surface area contributed by atoms with Gasteiger partial charge in [0.15, 0.2) is 5.12 Å². The molecule has 0 radical (unpaired) electrons. The molecule has 100 valence electrons. The second-order valence-corrected chi connectivity index (χ2v) is 5.45. The van der Waals surface area contributed by atoms with E-state index in [1.54, 1.807) is 13.0 Å². The van der Waals surface area contributed by atoms with E-state index in [4.69, 9.17) is 0 Å². The largest absolute Gasteiger partial charge is 0.508 e. The number of phenolic OH excluding ortho intramolecular Hbond substituents is 1. The monoisotopic (exact) mass is 270 g/mol. The first-order chi connectivity index (χ1) is 8.41. The van der Waals surface area contributed by atoms with Gasteiger partial charge in [-0.15, -0.1) is 0 Å². The molecular formula is C13H18O4S. The third-order valence-electron chi connectivity index (χ3n) is 2.66. The summed E-state index contributed by atoms with van der Waals surface area (Å²) in [5.74, 6) is 0.519. The van der Waals surface area contributed by atoms with E-state index >= 15 is 0 Å². The molecule has 0 aliphatic carbocycles. The molecule has 5 heteroatoms. The molecule has 3 N–H and O–H groups in total. The molecule has 0 amide bonds. The zero-order valence-corrected chi connectivity index (χ0v) is 11.3. The number of carbonyl (C=O) groups excluding carboxylic acids is 1. The van der Waals surface area contributed by atoms with Crippen molar-refractivity contribution in [3.05, 3.63) is 29.3 Å². The van der Waals surface area contributed by atoms with Crippen molar-refractivity contribution >= 4 is 16.9 Å². The molecule has 0 spiro atoms. The van der Waals surface area contributed by atoms with E-state index in [0.717, 1.165) is 17.3 Å². The standard InChI is InChI=1S/C13H18O4S/c1-8-3-4-10(15)7-11(8)13(17)12(16)5-6-18-9(2)14/h3-4,7,12-13,15-17H,5-6H2,1-2H3. The van der Waals surface area contributed by atoms with Crippen LogP contribution in [0.5, 0.6) is 5.75 Å². The van der Waals surface area contributed by atoms with Crippen LogP contribution in [0.15, 0.2) is 18.2 Å². The molecule has 2 unspecified atom stereocenters. The van der Waals surface area contributed by atoms with Crippen LogP contribution in [0, 0.1) is 6.92 Å². The van der Waals surface area contributed by atoms with Crippen LogP contribution >= 0.6 is 11.8 Å². The number of benzene rings is 1. The normalized spacial score (nSPS) is 14.2. The Bertz CT molecular complexity index is 419. The predicted octanol–water partition coefficient (Wildman–Crippen LogP) is 1.76. The van der Waals surface area contributed by atoms with Crippen molar-refractivity contribution in [2.24, 2.45) is 0 Å². The molecule has 0 heterocycles. The number of aryl methyl sites for hydroxylation is 1. The summed E-state index contributed by atoms with van der Waals surface area (Å²) >= 11 is 1.12. The fraction of sp³-hybridized carbons (Fsp3) is 0.462. The molecule has 0 saturated carbocycles. The minimum atomic E-state index is -1.05. The molecule has 2 atom stereocenters. The van der Waals surface area contributed by atoms with Crippen molar-refractivity contribution in [2.75, 3.05) is 5.75 Å². The molecule has 1 aromatic carbocycles. The summed E-state index contributed by atoms with van der Waals surface area (Å²) in [5, 5.41) is 29.2. The number of phenols is 1. The fourth-order valence-electron chi connectivity index (χ4n) is 1.64.